The van der Waals surface area contributed by atoms with Gasteiger partial charge in [0.05, 0.1) is 12.2 Å². The van der Waals surface area contributed by atoms with Gasteiger partial charge in [0.2, 0.25) is 5.95 Å². The van der Waals surface area contributed by atoms with Crippen LogP contribution in [0.1, 0.15) is 0 Å². The molecule has 0 bridgehead atoms. The Hall–Kier alpha value is -2.77. The molecule has 1 aromatic carbocycles. The van der Waals surface area contributed by atoms with E-state index in [1.54, 1.807) is 12.4 Å². The van der Waals surface area contributed by atoms with Gasteiger partial charge in [-0.05, 0) is 48.6 Å². The van der Waals surface area contributed by atoms with Crippen LogP contribution < -0.4 is 10.2 Å². The fourth-order valence-electron chi connectivity index (χ4n) is 2.60. The molecule has 1 fully saturated rings. The van der Waals surface area contributed by atoms with Crippen LogP contribution >= 0.6 is 23.8 Å². The quantitative estimate of drug-likeness (QED) is 0.681. The van der Waals surface area contributed by atoms with E-state index in [0.29, 0.717) is 29.3 Å². The topological polar surface area (TPSA) is 63.2 Å². The standard InChI is InChI=1S/C18H14ClN5OS/c19-13-2-1-3-14(11-13)22-17-21-7-5-15(23-17)12-4-6-20-16(10-12)24-8-9-25-18(24)26/h1-7,10-11H,8-9H2,(H,21,22,23). The Morgan fingerprint density at radius 3 is 2.81 bits per heavy atom. The van der Waals surface area contributed by atoms with Gasteiger partial charge in [-0.15, -0.1) is 0 Å². The van der Waals surface area contributed by atoms with Gasteiger partial charge in [-0.25, -0.2) is 15.0 Å². The number of aromatic nitrogens is 3. The Morgan fingerprint density at radius 2 is 2.00 bits per heavy atom. The highest BCUT2D eigenvalue weighted by Gasteiger charge is 2.21. The zero-order chi connectivity index (χ0) is 17.9. The summed E-state index contributed by atoms with van der Waals surface area (Å²) >= 11 is 11.2. The van der Waals surface area contributed by atoms with Crippen LogP contribution in [0.5, 0.6) is 0 Å². The molecule has 0 unspecified atom stereocenters. The predicted octanol–water partition coefficient (Wildman–Crippen LogP) is 4.06. The van der Waals surface area contributed by atoms with Gasteiger partial charge < -0.3 is 10.1 Å². The molecule has 1 saturated heterocycles. The number of hydrogen-bond acceptors (Lipinski definition) is 6. The van der Waals surface area contributed by atoms with Gasteiger partial charge in [0.1, 0.15) is 12.4 Å². The smallest absolute Gasteiger partial charge is 0.265 e. The van der Waals surface area contributed by atoms with Crippen LogP contribution in [0, 0.1) is 0 Å². The molecule has 1 aliphatic rings. The van der Waals surface area contributed by atoms with Crippen LogP contribution in [0.4, 0.5) is 17.5 Å². The highest BCUT2D eigenvalue weighted by atomic mass is 35.5. The molecule has 1 aliphatic heterocycles. The first-order valence-electron chi connectivity index (χ1n) is 7.95. The van der Waals surface area contributed by atoms with Crippen LogP contribution in [0.3, 0.4) is 0 Å². The SMILES string of the molecule is S=C1OCCN1c1cc(-c2ccnc(Nc3cccc(Cl)c3)n2)ccn1. The molecule has 130 valence electrons. The Morgan fingerprint density at radius 1 is 1.12 bits per heavy atom. The van der Waals surface area contributed by atoms with Crippen molar-refractivity contribution in [2.24, 2.45) is 0 Å². The van der Waals surface area contributed by atoms with Crippen LogP contribution in [0.2, 0.25) is 5.02 Å². The highest BCUT2D eigenvalue weighted by molar-refractivity contribution is 7.80. The second kappa shape index (κ2) is 7.23. The summed E-state index contributed by atoms with van der Waals surface area (Å²) in [6.07, 6.45) is 3.44. The average molecular weight is 384 g/mol. The predicted molar refractivity (Wildman–Crippen MR) is 106 cm³/mol. The molecule has 3 heterocycles. The minimum Gasteiger partial charge on any atom is -0.469 e. The van der Waals surface area contributed by atoms with Gasteiger partial charge in [0.25, 0.3) is 5.17 Å². The molecule has 6 nitrogen and oxygen atoms in total. The van der Waals surface area contributed by atoms with Crippen LogP contribution in [-0.2, 0) is 4.74 Å². The van der Waals surface area contributed by atoms with Crippen LogP contribution in [-0.4, -0.2) is 33.3 Å². The van der Waals surface area contributed by atoms with Crippen molar-refractivity contribution in [1.29, 1.82) is 0 Å². The van der Waals surface area contributed by atoms with Crippen LogP contribution in [0.25, 0.3) is 11.3 Å². The summed E-state index contributed by atoms with van der Waals surface area (Å²) in [5.41, 5.74) is 2.52. The van der Waals surface area contributed by atoms with Gasteiger partial charge in [0, 0.05) is 28.7 Å². The lowest BCUT2D eigenvalue weighted by atomic mass is 10.2. The maximum atomic E-state index is 6.02. The molecule has 0 spiro atoms. The third-order valence-electron chi connectivity index (χ3n) is 3.81. The van der Waals surface area contributed by atoms with E-state index in [1.165, 1.54) is 0 Å². The summed E-state index contributed by atoms with van der Waals surface area (Å²) in [6, 6.07) is 13.1. The van der Waals surface area contributed by atoms with Crippen molar-refractivity contribution in [3.05, 3.63) is 59.9 Å². The van der Waals surface area contributed by atoms with E-state index in [2.05, 4.69) is 20.3 Å². The molecule has 0 saturated carbocycles. The highest BCUT2D eigenvalue weighted by Crippen LogP contribution is 2.25. The van der Waals surface area contributed by atoms with Gasteiger partial charge in [-0.2, -0.15) is 0 Å². The lowest BCUT2D eigenvalue weighted by Crippen LogP contribution is -2.24. The van der Waals surface area contributed by atoms with E-state index in [0.717, 1.165) is 22.8 Å². The fraction of sp³-hybridized carbons (Fsp3) is 0.111. The van der Waals surface area contributed by atoms with Gasteiger partial charge >= 0.3 is 0 Å². The Labute approximate surface area is 160 Å². The molecule has 0 amide bonds. The summed E-state index contributed by atoms with van der Waals surface area (Å²) in [4.78, 5) is 15.1. The fourth-order valence-corrected chi connectivity index (χ4v) is 3.06. The largest absolute Gasteiger partial charge is 0.469 e. The molecular weight excluding hydrogens is 370 g/mol. The zero-order valence-electron chi connectivity index (χ0n) is 13.6. The number of thiocarbonyl (C=S) groups is 1. The number of halogens is 1. The van der Waals surface area contributed by atoms with Crippen molar-refractivity contribution in [1.82, 2.24) is 15.0 Å². The summed E-state index contributed by atoms with van der Waals surface area (Å²) in [5.74, 6) is 1.23. The summed E-state index contributed by atoms with van der Waals surface area (Å²) < 4.78 is 5.33. The van der Waals surface area contributed by atoms with Crippen molar-refractivity contribution >= 4 is 46.4 Å². The molecular formula is C18H14ClN5OS. The van der Waals surface area contributed by atoms with E-state index in [1.807, 2.05) is 47.4 Å². The monoisotopic (exact) mass is 383 g/mol. The zero-order valence-corrected chi connectivity index (χ0v) is 15.2. The van der Waals surface area contributed by atoms with Crippen molar-refractivity contribution in [3.63, 3.8) is 0 Å². The second-order valence-corrected chi connectivity index (χ2v) is 6.36. The minimum absolute atomic E-state index is 0.445. The third-order valence-corrected chi connectivity index (χ3v) is 4.39. The number of benzene rings is 1. The summed E-state index contributed by atoms with van der Waals surface area (Å²) in [6.45, 7) is 1.27. The normalized spacial score (nSPS) is 13.6. The maximum Gasteiger partial charge on any atom is 0.265 e. The second-order valence-electron chi connectivity index (χ2n) is 5.57. The molecule has 1 N–H and O–H groups in total. The summed E-state index contributed by atoms with van der Waals surface area (Å²) in [7, 11) is 0. The first-order chi connectivity index (χ1) is 12.7. The first kappa shape index (κ1) is 16.7. The molecule has 0 atom stereocenters. The van der Waals surface area contributed by atoms with E-state index >= 15 is 0 Å². The molecule has 8 heteroatoms. The number of rotatable bonds is 4. The molecule has 26 heavy (non-hydrogen) atoms. The Bertz CT molecular complexity index is 968. The van der Waals surface area contributed by atoms with E-state index < -0.39 is 0 Å². The number of ether oxygens (including phenoxy) is 1. The average Bonchev–Trinajstić information content (AvgIpc) is 3.08. The van der Waals surface area contributed by atoms with E-state index in [9.17, 15) is 0 Å². The van der Waals surface area contributed by atoms with E-state index in [-0.39, 0.29) is 0 Å². The molecule has 0 aliphatic carbocycles. The Kier molecular flexibility index (Phi) is 4.64. The maximum absolute atomic E-state index is 6.02. The van der Waals surface area contributed by atoms with Crippen molar-refractivity contribution in [2.75, 3.05) is 23.4 Å². The lowest BCUT2D eigenvalue weighted by molar-refractivity contribution is 0.361. The number of nitrogens with one attached hydrogen (secondary N) is 1. The number of anilines is 3. The molecule has 3 aromatic rings. The molecule has 0 radical (unpaired) electrons. The van der Waals surface area contributed by atoms with Crippen molar-refractivity contribution in [3.8, 4) is 11.3 Å². The number of nitrogens with zero attached hydrogens (tertiary/aromatic N) is 4. The van der Waals surface area contributed by atoms with Gasteiger partial charge in [-0.3, -0.25) is 4.90 Å². The first-order valence-corrected chi connectivity index (χ1v) is 8.74. The molecule has 2 aromatic heterocycles. The number of pyridine rings is 1. The van der Waals surface area contributed by atoms with Crippen molar-refractivity contribution < 1.29 is 4.74 Å². The third kappa shape index (κ3) is 3.58. The number of hydrogen-bond donors (Lipinski definition) is 1. The summed E-state index contributed by atoms with van der Waals surface area (Å²) in [5, 5.41) is 4.25. The van der Waals surface area contributed by atoms with Gasteiger partial charge in [0.15, 0.2) is 0 Å². The van der Waals surface area contributed by atoms with Crippen molar-refractivity contribution in [2.45, 2.75) is 0 Å². The van der Waals surface area contributed by atoms with Gasteiger partial charge in [-0.1, -0.05) is 17.7 Å². The van der Waals surface area contributed by atoms with Crippen LogP contribution in [0.15, 0.2) is 54.9 Å². The molecule has 4 rings (SSSR count). The van der Waals surface area contributed by atoms with E-state index in [4.69, 9.17) is 28.6 Å². The minimum atomic E-state index is 0.445. The Balaban J connectivity index is 1.61. The lowest BCUT2D eigenvalue weighted by Gasteiger charge is -2.14.